The number of halogens is 10. The molecular weight excluding hydrogens is 1500 g/mol. The first-order valence-electron chi connectivity index (χ1n) is 29.2. The van der Waals surface area contributed by atoms with Crippen molar-refractivity contribution in [1.82, 2.24) is 45.0 Å². The molecule has 8 aromatic rings. The zero-order chi connectivity index (χ0) is 69.9. The number of aliphatic carboxylic acids is 1. The summed E-state index contributed by atoms with van der Waals surface area (Å²) in [5.41, 5.74) is -0.868. The van der Waals surface area contributed by atoms with E-state index < -0.39 is 69.4 Å². The lowest BCUT2D eigenvalue weighted by atomic mass is 9.91. The topological polar surface area (TPSA) is 274 Å². The first-order valence-corrected chi connectivity index (χ1v) is 33.3. The summed E-state index contributed by atoms with van der Waals surface area (Å²) < 4.78 is 33.2. The average Bonchev–Trinajstić information content (AvgIpc) is 1.56. The molecule has 20 nitrogen and oxygen atoms in total. The molecule has 2 aliphatic heterocycles. The number of nitriles is 2. The molecule has 30 heteroatoms. The predicted octanol–water partition coefficient (Wildman–Crippen LogP) is 14.7. The molecule has 4 N–H and O–H groups in total. The number of amides is 5. The molecule has 2 saturated carbocycles. The molecule has 4 aromatic heterocycles. The molecule has 3 atom stereocenters. The fourth-order valence-corrected chi connectivity index (χ4v) is 12.3. The molecule has 0 bridgehead atoms. The molecule has 96 heavy (non-hydrogen) atoms. The summed E-state index contributed by atoms with van der Waals surface area (Å²) in [5.74, 6) is -4.76. The fourth-order valence-electron chi connectivity index (χ4n) is 10.8. The summed E-state index contributed by atoms with van der Waals surface area (Å²) in [5, 5.41) is 35.2. The first-order chi connectivity index (χ1) is 45.5. The molecule has 4 aliphatic rings. The van der Waals surface area contributed by atoms with Gasteiger partial charge in [-0.3, -0.25) is 43.1 Å². The number of nitrogens with one attached hydrogen (secondary N) is 3. The van der Waals surface area contributed by atoms with E-state index in [4.69, 9.17) is 74.9 Å². The number of carboxylic acids is 1. The van der Waals surface area contributed by atoms with Gasteiger partial charge in [0.05, 0.1) is 84.2 Å². The zero-order valence-electron chi connectivity index (χ0n) is 51.3. The summed E-state index contributed by atoms with van der Waals surface area (Å²) in [4.78, 5) is 100. The number of alkyl halides is 2. The Morgan fingerprint density at radius 1 is 0.594 bits per heavy atom. The molecule has 0 spiro atoms. The summed E-state index contributed by atoms with van der Waals surface area (Å²) in [6, 6.07) is 29.7. The molecule has 6 heterocycles. The van der Waals surface area contributed by atoms with Crippen molar-refractivity contribution in [2.24, 2.45) is 0 Å². The van der Waals surface area contributed by atoms with Crippen LogP contribution in [0.2, 0.25) is 20.1 Å². The summed E-state index contributed by atoms with van der Waals surface area (Å²) in [6.45, 7) is 9.35. The van der Waals surface area contributed by atoms with E-state index in [1.165, 1.54) is 55.6 Å². The van der Waals surface area contributed by atoms with Crippen molar-refractivity contribution in [3.8, 4) is 12.1 Å². The highest BCUT2D eigenvalue weighted by Crippen LogP contribution is 2.47. The highest BCUT2D eigenvalue weighted by Gasteiger charge is 2.57. The number of pyridine rings is 2. The lowest BCUT2D eigenvalue weighted by molar-refractivity contribution is -0.140. The van der Waals surface area contributed by atoms with Crippen molar-refractivity contribution >= 4 is 160 Å². The van der Waals surface area contributed by atoms with Gasteiger partial charge in [0.1, 0.15) is 33.5 Å². The molecule has 0 unspecified atom stereocenters. The number of imidazole rings is 2. The zero-order valence-corrected chi connectivity index (χ0v) is 59.0. The second kappa shape index (κ2) is 29.4. The molecule has 5 amide bonds. The van der Waals surface area contributed by atoms with E-state index in [1.54, 1.807) is 81.6 Å². The Bertz CT molecular complexity index is 4400. The van der Waals surface area contributed by atoms with Crippen LogP contribution in [0.4, 0.5) is 32.1 Å². The summed E-state index contributed by atoms with van der Waals surface area (Å²) in [7, 11) is 0. The molecule has 0 saturated heterocycles. The number of carbonyl (C=O) groups excluding carboxylic acids is 5. The Balaban J connectivity index is 0.000000193. The van der Waals surface area contributed by atoms with Crippen molar-refractivity contribution in [3.05, 3.63) is 208 Å². The van der Waals surface area contributed by atoms with Gasteiger partial charge in [0.2, 0.25) is 17.8 Å². The number of rotatable bonds is 15. The van der Waals surface area contributed by atoms with Crippen LogP contribution in [-0.4, -0.2) is 86.1 Å². The molecule has 0 radical (unpaired) electrons. The Kier molecular flexibility index (Phi) is 22.1. The van der Waals surface area contributed by atoms with Crippen molar-refractivity contribution in [2.45, 2.75) is 107 Å². The Hall–Kier alpha value is -8.04. The Morgan fingerprint density at radius 3 is 1.28 bits per heavy atom. The van der Waals surface area contributed by atoms with Gasteiger partial charge in [0, 0.05) is 39.9 Å². The van der Waals surface area contributed by atoms with Crippen LogP contribution in [0.5, 0.6) is 0 Å². The number of benzene rings is 4. The van der Waals surface area contributed by atoms with Crippen molar-refractivity contribution in [3.63, 3.8) is 0 Å². The normalized spacial score (nSPS) is 17.6. The van der Waals surface area contributed by atoms with Crippen LogP contribution in [0.3, 0.4) is 0 Å². The van der Waals surface area contributed by atoms with E-state index in [2.05, 4.69) is 87.7 Å². The Morgan fingerprint density at radius 2 is 0.958 bits per heavy atom. The Labute approximate surface area is 596 Å². The second-order valence-electron chi connectivity index (χ2n) is 23.4. The third kappa shape index (κ3) is 14.9. The average molecular weight is 1550 g/mol. The maximum Gasteiger partial charge on any atom is 0.329 e. The van der Waals surface area contributed by atoms with Gasteiger partial charge in [-0.25, -0.2) is 33.3 Å². The fraction of sp³-hybridized carbons (Fsp3) is 0.273. The van der Waals surface area contributed by atoms with Gasteiger partial charge in [-0.2, -0.15) is 10.5 Å². The highest BCUT2D eigenvalue weighted by molar-refractivity contribution is 9.10. The monoisotopic (exact) mass is 1550 g/mol. The van der Waals surface area contributed by atoms with E-state index in [-0.39, 0.29) is 91.7 Å². The number of hydrogen-bond donors (Lipinski definition) is 4. The number of carboxylic acid groups (broad SMARTS) is 1. The summed E-state index contributed by atoms with van der Waals surface area (Å²) >= 11 is 40.4. The van der Waals surface area contributed by atoms with Crippen LogP contribution in [0.15, 0.2) is 131 Å². The number of fused-ring (bicyclic) bond motifs is 2. The molecular formula is C66H55Br2Cl6F2N13O7. The minimum atomic E-state index is -1.40. The van der Waals surface area contributed by atoms with Crippen molar-refractivity contribution in [1.29, 1.82) is 10.5 Å². The number of nitrogens with zero attached hydrogens (tertiary/aromatic N) is 10. The molecule has 2 aliphatic carbocycles. The van der Waals surface area contributed by atoms with Crippen LogP contribution in [0.25, 0.3) is 0 Å². The number of aromatic nitrogens is 6. The minimum absolute atomic E-state index is 0.0196. The van der Waals surface area contributed by atoms with Gasteiger partial charge < -0.3 is 21.1 Å². The highest BCUT2D eigenvalue weighted by atomic mass is 79.9. The third-order valence-electron chi connectivity index (χ3n) is 16.3. The molecule has 12 rings (SSSR count). The van der Waals surface area contributed by atoms with Gasteiger partial charge in [-0.05, 0) is 168 Å². The number of hydrogen-bond acceptors (Lipinski definition) is 12. The maximum absolute atomic E-state index is 14.3. The first kappa shape index (κ1) is 72.2. The lowest BCUT2D eigenvalue weighted by Gasteiger charge is -2.27. The third-order valence-corrected chi connectivity index (χ3v) is 18.4. The molecule has 4 aromatic carbocycles. The van der Waals surface area contributed by atoms with E-state index in [9.17, 15) is 47.9 Å². The lowest BCUT2D eigenvalue weighted by Crippen LogP contribution is -2.50. The maximum atomic E-state index is 14.3. The SMILES string of the molecule is CC(C)c1ccc(Br)cn1.C[C@@H](NC(=O)C1(NC(=O)c2cnc3n2[C@](C)(Cc2ccc(C#N)cc2)C(=O)N3c2cc(Cl)c(F)c(Cl)c2)CC1)c1ccc(Br)cn1.C[C@@]1(Cc2ccc(C#N)cc2)C(=O)N(c2cc(Cl)c(F)c(Cl)c2)c2ncc(C(=O)NC3(C(=O)O)CC3)n21.ClCCl. The number of anilines is 4. The van der Waals surface area contributed by atoms with E-state index in [0.717, 1.165) is 14.6 Å². The van der Waals surface area contributed by atoms with Gasteiger partial charge in [0.25, 0.3) is 23.6 Å². The van der Waals surface area contributed by atoms with Gasteiger partial charge >= 0.3 is 5.97 Å². The van der Waals surface area contributed by atoms with Gasteiger partial charge in [-0.1, -0.05) is 84.5 Å². The van der Waals surface area contributed by atoms with Gasteiger partial charge in [0.15, 0.2) is 11.6 Å². The van der Waals surface area contributed by atoms with E-state index in [1.807, 2.05) is 30.5 Å². The smallest absolute Gasteiger partial charge is 0.329 e. The molecule has 496 valence electrons. The van der Waals surface area contributed by atoms with Crippen molar-refractivity contribution in [2.75, 3.05) is 15.1 Å². The van der Waals surface area contributed by atoms with Crippen LogP contribution >= 0.6 is 101 Å². The minimum Gasteiger partial charge on any atom is -0.480 e. The van der Waals surface area contributed by atoms with Crippen LogP contribution in [0, 0.1) is 34.3 Å². The standard InChI is InChI=1S/C32H25BrCl2FN7O3.C25H18Cl2FN5O4.C8H10BrN.CH2Cl2/c1-17(24-8-7-20(33)15-38-24)40-28(45)32(9-10-32)41-27(44)25-16-39-30-42(21-11-22(34)26(36)23(35)12-21)29(46)31(2,43(25)30)13-18-3-5-19(14-37)6-4-18;1-24(10-13-2-4-14(11-29)5-3-13)21(35)32(15-8-16(26)19(28)17(27)9-15)23-30-12-18(33(23)24)20(34)31-25(6-7-25)22(36)37;1-6(2)8-4-3-7(9)5-10-8;2-1-3/h3-8,11-12,15-17H,9-10,13H2,1-2H3,(H,40,45)(H,41,44);2-5,8-9,12H,6-7,10H2,1H3,(H,31,34)(H,36,37);3-6H,1-2H3;1H2/t17-,31-;24-;;/m11../s1. The molecule has 2 fully saturated rings. The van der Waals surface area contributed by atoms with Crippen molar-refractivity contribution < 1.29 is 42.7 Å². The predicted molar refractivity (Wildman–Crippen MR) is 366 cm³/mol. The van der Waals surface area contributed by atoms with E-state index >= 15 is 0 Å². The van der Waals surface area contributed by atoms with Crippen LogP contribution < -0.4 is 25.8 Å². The largest absolute Gasteiger partial charge is 0.480 e. The second-order valence-corrected chi connectivity index (χ2v) is 27.7. The van der Waals surface area contributed by atoms with Gasteiger partial charge in [-0.15, -0.1) is 23.2 Å². The quantitative estimate of drug-likeness (QED) is 0.0550. The summed E-state index contributed by atoms with van der Waals surface area (Å²) in [6.07, 6.45) is 7.69. The van der Waals surface area contributed by atoms with Crippen LogP contribution in [-0.2, 0) is 43.1 Å². The van der Waals surface area contributed by atoms with E-state index in [0.29, 0.717) is 46.7 Å². The number of carbonyl (C=O) groups is 6. The van der Waals surface area contributed by atoms with Crippen LogP contribution in [0.1, 0.15) is 127 Å².